The number of aryl methyl sites for hydroxylation is 1. The summed E-state index contributed by atoms with van der Waals surface area (Å²) in [7, 11) is 4.03. The number of nitrogens with two attached hydrogens (primary N) is 1. The first-order valence-corrected chi connectivity index (χ1v) is 5.69. The number of carbonyl (C=O) groups is 1. The van der Waals surface area contributed by atoms with Gasteiger partial charge in [0.1, 0.15) is 0 Å². The lowest BCUT2D eigenvalue weighted by atomic mass is 10.4. The summed E-state index contributed by atoms with van der Waals surface area (Å²) >= 11 is 0. The van der Waals surface area contributed by atoms with Crippen LogP contribution < -0.4 is 5.73 Å². The fraction of sp³-hybridized carbons (Fsp3) is 0.636. The second-order valence-electron chi connectivity index (χ2n) is 4.07. The zero-order valence-electron chi connectivity index (χ0n) is 10.6. The van der Waals surface area contributed by atoms with Crippen LogP contribution in [0.4, 0.5) is 5.69 Å². The van der Waals surface area contributed by atoms with Crippen molar-refractivity contribution in [3.8, 4) is 0 Å². The zero-order chi connectivity index (χ0) is 12.8. The first kappa shape index (κ1) is 13.5. The minimum absolute atomic E-state index is 0.205. The van der Waals surface area contributed by atoms with Crippen molar-refractivity contribution in [3.63, 3.8) is 0 Å². The second kappa shape index (κ2) is 6.24. The summed E-state index contributed by atoms with van der Waals surface area (Å²) in [6.45, 7) is 3.78. The van der Waals surface area contributed by atoms with Gasteiger partial charge in [0.2, 0.25) is 0 Å². The van der Waals surface area contributed by atoms with Crippen molar-refractivity contribution in [3.05, 3.63) is 11.9 Å². The summed E-state index contributed by atoms with van der Waals surface area (Å²) in [5.41, 5.74) is 6.28. The molecule has 0 aromatic carbocycles. The van der Waals surface area contributed by atoms with Gasteiger partial charge in [0, 0.05) is 12.7 Å². The van der Waals surface area contributed by atoms with Gasteiger partial charge >= 0.3 is 5.97 Å². The van der Waals surface area contributed by atoms with Gasteiger partial charge in [-0.15, -0.1) is 0 Å². The molecule has 0 saturated heterocycles. The van der Waals surface area contributed by atoms with Crippen molar-refractivity contribution in [2.24, 2.45) is 0 Å². The summed E-state index contributed by atoms with van der Waals surface area (Å²) < 4.78 is 6.55. The number of rotatable bonds is 6. The van der Waals surface area contributed by atoms with Crippen LogP contribution in [0.5, 0.6) is 0 Å². The SMILES string of the molecule is CCOC(=O)c1nn(CCCN(C)C)cc1N. The Balaban J connectivity index is 2.58. The summed E-state index contributed by atoms with van der Waals surface area (Å²) in [5.74, 6) is -0.462. The van der Waals surface area contributed by atoms with Crippen LogP contribution in [-0.2, 0) is 11.3 Å². The van der Waals surface area contributed by atoms with E-state index in [2.05, 4.69) is 10.00 Å². The number of esters is 1. The van der Waals surface area contributed by atoms with Gasteiger partial charge in [-0.1, -0.05) is 0 Å². The quantitative estimate of drug-likeness (QED) is 0.737. The fourth-order valence-corrected chi connectivity index (χ4v) is 1.46. The van der Waals surface area contributed by atoms with Gasteiger partial charge in [0.25, 0.3) is 0 Å². The van der Waals surface area contributed by atoms with Crippen LogP contribution >= 0.6 is 0 Å². The lowest BCUT2D eigenvalue weighted by Crippen LogP contribution is -2.15. The van der Waals surface area contributed by atoms with E-state index in [0.29, 0.717) is 12.3 Å². The maximum absolute atomic E-state index is 11.5. The molecular weight excluding hydrogens is 220 g/mol. The molecule has 0 saturated carbocycles. The summed E-state index contributed by atoms with van der Waals surface area (Å²) in [4.78, 5) is 13.6. The molecule has 0 radical (unpaired) electrons. The molecule has 0 aliphatic rings. The van der Waals surface area contributed by atoms with E-state index in [0.717, 1.165) is 19.5 Å². The molecule has 96 valence electrons. The van der Waals surface area contributed by atoms with Crippen LogP contribution in [0.3, 0.4) is 0 Å². The number of aromatic nitrogens is 2. The Hall–Kier alpha value is -1.56. The number of carbonyl (C=O) groups excluding carboxylic acids is 1. The average Bonchev–Trinajstić information content (AvgIpc) is 2.59. The summed E-state index contributed by atoms with van der Waals surface area (Å²) in [6, 6.07) is 0. The highest BCUT2D eigenvalue weighted by atomic mass is 16.5. The molecule has 0 amide bonds. The van der Waals surface area contributed by atoms with Crippen LogP contribution in [0.1, 0.15) is 23.8 Å². The van der Waals surface area contributed by atoms with E-state index in [1.165, 1.54) is 0 Å². The molecule has 0 aliphatic heterocycles. The summed E-state index contributed by atoms with van der Waals surface area (Å²) in [6.07, 6.45) is 2.62. The minimum atomic E-state index is -0.462. The zero-order valence-corrected chi connectivity index (χ0v) is 10.6. The lowest BCUT2D eigenvalue weighted by Gasteiger charge is -2.08. The van der Waals surface area contributed by atoms with Crippen LogP contribution in [0, 0.1) is 0 Å². The molecule has 0 aliphatic carbocycles. The molecule has 0 spiro atoms. The van der Waals surface area contributed by atoms with Crippen molar-refractivity contribution < 1.29 is 9.53 Å². The molecule has 2 N–H and O–H groups in total. The van der Waals surface area contributed by atoms with Crippen molar-refractivity contribution in [2.45, 2.75) is 19.9 Å². The van der Waals surface area contributed by atoms with Crippen molar-refractivity contribution in [1.82, 2.24) is 14.7 Å². The van der Waals surface area contributed by atoms with Gasteiger partial charge in [-0.2, -0.15) is 5.10 Å². The number of nitrogen functional groups attached to an aromatic ring is 1. The number of nitrogens with zero attached hydrogens (tertiary/aromatic N) is 3. The normalized spacial score (nSPS) is 10.8. The number of ether oxygens (including phenoxy) is 1. The molecular formula is C11H20N4O2. The standard InChI is InChI=1S/C11H20N4O2/c1-4-17-11(16)10-9(12)8-15(13-10)7-5-6-14(2)3/h8H,4-7,12H2,1-3H3. The van der Waals surface area contributed by atoms with E-state index < -0.39 is 5.97 Å². The van der Waals surface area contributed by atoms with Crippen molar-refractivity contribution >= 4 is 11.7 Å². The van der Waals surface area contributed by atoms with Crippen molar-refractivity contribution in [2.75, 3.05) is 33.0 Å². The topological polar surface area (TPSA) is 73.4 Å². The van der Waals surface area contributed by atoms with Crippen LogP contribution in [0.2, 0.25) is 0 Å². The molecule has 6 nitrogen and oxygen atoms in total. The number of hydrogen-bond acceptors (Lipinski definition) is 5. The smallest absolute Gasteiger partial charge is 0.361 e. The second-order valence-corrected chi connectivity index (χ2v) is 4.07. The maximum Gasteiger partial charge on any atom is 0.361 e. The molecule has 17 heavy (non-hydrogen) atoms. The predicted molar refractivity (Wildman–Crippen MR) is 65.8 cm³/mol. The van der Waals surface area contributed by atoms with E-state index in [9.17, 15) is 4.79 Å². The Bertz CT molecular complexity index is 374. The molecule has 0 bridgehead atoms. The van der Waals surface area contributed by atoms with E-state index in [1.54, 1.807) is 17.8 Å². The monoisotopic (exact) mass is 240 g/mol. The third-order valence-electron chi connectivity index (χ3n) is 2.25. The highest BCUT2D eigenvalue weighted by Crippen LogP contribution is 2.10. The van der Waals surface area contributed by atoms with E-state index >= 15 is 0 Å². The van der Waals surface area contributed by atoms with Gasteiger partial charge < -0.3 is 15.4 Å². The molecule has 0 fully saturated rings. The molecule has 1 aromatic rings. The van der Waals surface area contributed by atoms with Gasteiger partial charge in [0.05, 0.1) is 12.3 Å². The maximum atomic E-state index is 11.5. The van der Waals surface area contributed by atoms with Crippen LogP contribution in [0.25, 0.3) is 0 Å². The molecule has 1 heterocycles. The Morgan fingerprint density at radius 1 is 1.59 bits per heavy atom. The highest BCUT2D eigenvalue weighted by Gasteiger charge is 2.15. The highest BCUT2D eigenvalue weighted by molar-refractivity contribution is 5.92. The lowest BCUT2D eigenvalue weighted by molar-refractivity contribution is 0.0519. The number of anilines is 1. The molecule has 0 unspecified atom stereocenters. The first-order valence-electron chi connectivity index (χ1n) is 5.69. The Morgan fingerprint density at radius 3 is 2.88 bits per heavy atom. The largest absolute Gasteiger partial charge is 0.461 e. The molecule has 1 aromatic heterocycles. The van der Waals surface area contributed by atoms with Gasteiger partial charge in [0.15, 0.2) is 5.69 Å². The predicted octanol–water partition coefficient (Wildman–Crippen LogP) is 0.594. The van der Waals surface area contributed by atoms with Crippen LogP contribution in [-0.4, -0.2) is 47.9 Å². The molecule has 6 heteroatoms. The fourth-order valence-electron chi connectivity index (χ4n) is 1.46. The van der Waals surface area contributed by atoms with Gasteiger partial charge in [-0.25, -0.2) is 4.79 Å². The third-order valence-corrected chi connectivity index (χ3v) is 2.25. The molecule has 0 atom stereocenters. The van der Waals surface area contributed by atoms with Gasteiger partial charge in [-0.3, -0.25) is 4.68 Å². The summed E-state index contributed by atoms with van der Waals surface area (Å²) in [5, 5.41) is 4.12. The van der Waals surface area contributed by atoms with Crippen LogP contribution in [0.15, 0.2) is 6.20 Å². The van der Waals surface area contributed by atoms with E-state index in [-0.39, 0.29) is 5.69 Å². The Morgan fingerprint density at radius 2 is 2.29 bits per heavy atom. The Labute approximate surface area is 101 Å². The third kappa shape index (κ3) is 4.07. The number of hydrogen-bond donors (Lipinski definition) is 1. The van der Waals surface area contributed by atoms with Gasteiger partial charge in [-0.05, 0) is 34.0 Å². The average molecular weight is 240 g/mol. The van der Waals surface area contributed by atoms with E-state index in [1.807, 2.05) is 14.1 Å². The minimum Gasteiger partial charge on any atom is -0.461 e. The Kier molecular flexibility index (Phi) is 4.96. The first-order chi connectivity index (χ1) is 8.04. The van der Waals surface area contributed by atoms with Crippen molar-refractivity contribution in [1.29, 1.82) is 0 Å². The molecule has 1 rings (SSSR count). The van der Waals surface area contributed by atoms with E-state index in [4.69, 9.17) is 10.5 Å².